The van der Waals surface area contributed by atoms with Gasteiger partial charge < -0.3 is 4.74 Å². The van der Waals surface area contributed by atoms with Gasteiger partial charge in [0.05, 0.1) is 17.5 Å². The molecule has 1 aromatic carbocycles. The Morgan fingerprint density at radius 3 is 2.86 bits per heavy atom. The van der Waals surface area contributed by atoms with Crippen LogP contribution in [-0.2, 0) is 16.6 Å². The molecule has 0 N–H and O–H groups in total. The summed E-state index contributed by atoms with van der Waals surface area (Å²) in [5.74, 6) is -0.288. The molecule has 1 aromatic heterocycles. The summed E-state index contributed by atoms with van der Waals surface area (Å²) in [4.78, 5) is 28.5. The highest BCUT2D eigenvalue weighted by molar-refractivity contribution is 8.00. The van der Waals surface area contributed by atoms with Crippen molar-refractivity contribution in [2.24, 2.45) is 7.05 Å². The average molecular weight is 306 g/mol. The molecule has 0 aliphatic rings. The number of benzene rings is 1. The molecule has 0 unspecified atom stereocenters. The highest BCUT2D eigenvalue weighted by atomic mass is 32.2. The minimum Gasteiger partial charge on any atom is -0.465 e. The quantitative estimate of drug-likeness (QED) is 0.482. The number of carbonyl (C=O) groups excluding carboxylic acids is 1. The molecular weight excluding hydrogens is 288 g/mol. The van der Waals surface area contributed by atoms with Gasteiger partial charge >= 0.3 is 5.97 Å². The number of rotatable bonds is 5. The van der Waals surface area contributed by atoms with Crippen molar-refractivity contribution < 1.29 is 9.53 Å². The first-order valence-corrected chi connectivity index (χ1v) is 7.71. The predicted octanol–water partition coefficient (Wildman–Crippen LogP) is 2.37. The molecule has 21 heavy (non-hydrogen) atoms. The molecule has 0 amide bonds. The third kappa shape index (κ3) is 3.44. The monoisotopic (exact) mass is 306 g/mol. The van der Waals surface area contributed by atoms with E-state index in [9.17, 15) is 9.59 Å². The zero-order chi connectivity index (χ0) is 15.4. The summed E-state index contributed by atoms with van der Waals surface area (Å²) in [6.07, 6.45) is 0.788. The molecule has 5 nitrogen and oxygen atoms in total. The standard InChI is InChI=1S/C15H18N2O3S/c1-4-9-20-14(19)10(2)21-15-16-12-8-6-5-7-11(12)13(18)17(15)3/h5-8,10H,4,9H2,1-3H3/t10-/m1/s1. The molecule has 0 aliphatic heterocycles. The molecule has 112 valence electrons. The second-order valence-electron chi connectivity index (χ2n) is 4.70. The third-order valence-corrected chi connectivity index (χ3v) is 4.13. The summed E-state index contributed by atoms with van der Waals surface area (Å²) in [6.45, 7) is 4.11. The first-order chi connectivity index (χ1) is 10.0. The maximum absolute atomic E-state index is 12.3. The largest absolute Gasteiger partial charge is 0.465 e. The van der Waals surface area contributed by atoms with Gasteiger partial charge in [-0.25, -0.2) is 4.98 Å². The Balaban J connectivity index is 2.28. The van der Waals surface area contributed by atoms with E-state index in [1.807, 2.05) is 19.1 Å². The second kappa shape index (κ2) is 6.76. The first-order valence-electron chi connectivity index (χ1n) is 6.83. The van der Waals surface area contributed by atoms with Gasteiger partial charge in [-0.1, -0.05) is 30.8 Å². The molecular formula is C15H18N2O3S. The molecule has 1 heterocycles. The van der Waals surface area contributed by atoms with Gasteiger partial charge in [0.25, 0.3) is 5.56 Å². The van der Waals surface area contributed by atoms with E-state index in [0.29, 0.717) is 22.7 Å². The Hall–Kier alpha value is -1.82. The molecule has 0 spiro atoms. The lowest BCUT2D eigenvalue weighted by Gasteiger charge is -2.13. The van der Waals surface area contributed by atoms with Gasteiger partial charge in [-0.15, -0.1) is 0 Å². The smallest absolute Gasteiger partial charge is 0.319 e. The van der Waals surface area contributed by atoms with Gasteiger partial charge in [0, 0.05) is 7.05 Å². The van der Waals surface area contributed by atoms with Crippen LogP contribution in [0, 0.1) is 0 Å². The van der Waals surface area contributed by atoms with Crippen LogP contribution in [0.1, 0.15) is 20.3 Å². The van der Waals surface area contributed by atoms with E-state index in [1.54, 1.807) is 26.1 Å². The SMILES string of the molecule is CCCOC(=O)[C@@H](C)Sc1nc2ccccc2c(=O)n1C. The summed E-state index contributed by atoms with van der Waals surface area (Å²) in [5.41, 5.74) is 0.523. The maximum atomic E-state index is 12.3. The number of nitrogens with zero attached hydrogens (tertiary/aromatic N) is 2. The van der Waals surface area contributed by atoms with E-state index >= 15 is 0 Å². The summed E-state index contributed by atoms with van der Waals surface area (Å²) < 4.78 is 6.58. The van der Waals surface area contributed by atoms with E-state index in [4.69, 9.17) is 4.74 Å². The van der Waals surface area contributed by atoms with E-state index in [-0.39, 0.29) is 11.5 Å². The molecule has 0 fully saturated rings. The van der Waals surface area contributed by atoms with Crippen LogP contribution < -0.4 is 5.56 Å². The van der Waals surface area contributed by atoms with Crippen LogP contribution in [0.25, 0.3) is 10.9 Å². The molecule has 0 radical (unpaired) electrons. The Kier molecular flexibility index (Phi) is 5.01. The van der Waals surface area contributed by atoms with Crippen LogP contribution in [0.2, 0.25) is 0 Å². The molecule has 0 aliphatic carbocycles. The molecule has 0 bridgehead atoms. The Morgan fingerprint density at radius 1 is 1.43 bits per heavy atom. The normalized spacial score (nSPS) is 12.3. The highest BCUT2D eigenvalue weighted by Gasteiger charge is 2.19. The average Bonchev–Trinajstić information content (AvgIpc) is 2.49. The summed E-state index contributed by atoms with van der Waals surface area (Å²) in [7, 11) is 1.66. The van der Waals surface area contributed by atoms with Crippen molar-refractivity contribution in [3.8, 4) is 0 Å². The van der Waals surface area contributed by atoms with Gasteiger partial charge in [0.2, 0.25) is 0 Å². The van der Waals surface area contributed by atoms with Crippen molar-refractivity contribution in [1.29, 1.82) is 0 Å². The van der Waals surface area contributed by atoms with E-state index in [1.165, 1.54) is 16.3 Å². The fourth-order valence-corrected chi connectivity index (χ4v) is 2.70. The van der Waals surface area contributed by atoms with Gasteiger partial charge in [0.15, 0.2) is 5.16 Å². The highest BCUT2D eigenvalue weighted by Crippen LogP contribution is 2.22. The number of para-hydroxylation sites is 1. The number of ether oxygens (including phenoxy) is 1. The maximum Gasteiger partial charge on any atom is 0.319 e. The molecule has 1 atom stereocenters. The van der Waals surface area contributed by atoms with E-state index in [2.05, 4.69) is 4.98 Å². The lowest BCUT2D eigenvalue weighted by atomic mass is 10.2. The molecule has 2 aromatic rings. The number of fused-ring (bicyclic) bond motifs is 1. The zero-order valence-corrected chi connectivity index (χ0v) is 13.1. The number of aromatic nitrogens is 2. The van der Waals surface area contributed by atoms with Crippen molar-refractivity contribution in [2.75, 3.05) is 6.61 Å². The molecule has 2 rings (SSSR count). The Morgan fingerprint density at radius 2 is 2.14 bits per heavy atom. The number of thioether (sulfide) groups is 1. The molecule has 0 saturated carbocycles. The fourth-order valence-electron chi connectivity index (χ4n) is 1.83. The van der Waals surface area contributed by atoms with Crippen molar-refractivity contribution in [1.82, 2.24) is 9.55 Å². The number of hydrogen-bond donors (Lipinski definition) is 0. The van der Waals surface area contributed by atoms with Gasteiger partial charge in [-0.3, -0.25) is 14.2 Å². The number of carbonyl (C=O) groups is 1. The van der Waals surface area contributed by atoms with Gasteiger partial charge in [-0.05, 0) is 25.5 Å². The number of hydrogen-bond acceptors (Lipinski definition) is 5. The van der Waals surface area contributed by atoms with E-state index < -0.39 is 5.25 Å². The minimum atomic E-state index is -0.407. The van der Waals surface area contributed by atoms with Gasteiger partial charge in [0.1, 0.15) is 5.25 Å². The number of esters is 1. The Bertz CT molecular complexity index is 712. The van der Waals surface area contributed by atoms with Crippen molar-refractivity contribution in [3.63, 3.8) is 0 Å². The van der Waals surface area contributed by atoms with Crippen LogP contribution in [0.5, 0.6) is 0 Å². The molecule has 0 saturated heterocycles. The van der Waals surface area contributed by atoms with Gasteiger partial charge in [-0.2, -0.15) is 0 Å². The summed E-state index contributed by atoms with van der Waals surface area (Å²) >= 11 is 1.24. The van der Waals surface area contributed by atoms with Crippen LogP contribution in [0.3, 0.4) is 0 Å². The minimum absolute atomic E-state index is 0.114. The predicted molar refractivity (Wildman–Crippen MR) is 83.6 cm³/mol. The topological polar surface area (TPSA) is 61.2 Å². The second-order valence-corrected chi connectivity index (χ2v) is 6.01. The first kappa shape index (κ1) is 15.6. The van der Waals surface area contributed by atoms with Crippen molar-refractivity contribution in [2.45, 2.75) is 30.7 Å². The van der Waals surface area contributed by atoms with E-state index in [0.717, 1.165) is 6.42 Å². The van der Waals surface area contributed by atoms with Crippen molar-refractivity contribution >= 4 is 28.6 Å². The Labute approximate surface area is 127 Å². The van der Waals surface area contributed by atoms with Crippen LogP contribution in [0.15, 0.2) is 34.2 Å². The van der Waals surface area contributed by atoms with Crippen LogP contribution in [0.4, 0.5) is 0 Å². The van der Waals surface area contributed by atoms with Crippen LogP contribution >= 0.6 is 11.8 Å². The van der Waals surface area contributed by atoms with Crippen LogP contribution in [-0.4, -0.2) is 27.4 Å². The lowest BCUT2D eigenvalue weighted by Crippen LogP contribution is -2.23. The molecule has 6 heteroatoms. The fraction of sp³-hybridized carbons (Fsp3) is 0.400. The summed E-state index contributed by atoms with van der Waals surface area (Å²) in [6, 6.07) is 7.18. The third-order valence-electron chi connectivity index (χ3n) is 3.00. The van der Waals surface area contributed by atoms with Crippen molar-refractivity contribution in [3.05, 3.63) is 34.6 Å². The lowest BCUT2D eigenvalue weighted by molar-refractivity contribution is -0.142. The summed E-state index contributed by atoms with van der Waals surface area (Å²) in [5, 5.41) is 0.682. The zero-order valence-electron chi connectivity index (χ0n) is 12.3.